The number of nitrogens with one attached hydrogen (secondary N) is 1. The molecular formula is C28H46N2O2. The smallest absolute Gasteiger partial charge is 0.219 e. The van der Waals surface area contributed by atoms with Gasteiger partial charge in [-0.1, -0.05) is 45.4 Å². The minimum Gasteiger partial charge on any atom is -0.393 e. The molecule has 4 heteroatoms. The Hall–Kier alpha value is -1.13. The Bertz CT molecular complexity index is 829. The molecule has 0 heterocycles. The van der Waals surface area contributed by atoms with Crippen molar-refractivity contribution in [2.45, 2.75) is 98.3 Å². The quantitative estimate of drug-likeness (QED) is 0.651. The van der Waals surface area contributed by atoms with E-state index >= 15 is 0 Å². The number of hydrogen-bond donors (Lipinski definition) is 2. The highest BCUT2D eigenvalue weighted by molar-refractivity contribution is 5.73. The Morgan fingerprint density at radius 1 is 1.16 bits per heavy atom. The van der Waals surface area contributed by atoms with Gasteiger partial charge in [0.15, 0.2) is 0 Å². The van der Waals surface area contributed by atoms with Crippen LogP contribution in [0.4, 0.5) is 0 Å². The van der Waals surface area contributed by atoms with Gasteiger partial charge in [0.2, 0.25) is 5.91 Å². The molecule has 4 rings (SSSR count). The van der Waals surface area contributed by atoms with Crippen molar-refractivity contribution in [3.05, 3.63) is 23.3 Å². The summed E-state index contributed by atoms with van der Waals surface area (Å²) in [6, 6.07) is 0.603. The molecule has 180 valence electrons. The Labute approximate surface area is 195 Å². The van der Waals surface area contributed by atoms with E-state index < -0.39 is 0 Å². The molecule has 0 aromatic carbocycles. The molecule has 0 saturated heterocycles. The number of hydrogen-bond acceptors (Lipinski definition) is 3. The van der Waals surface area contributed by atoms with Crippen molar-refractivity contribution >= 4 is 5.91 Å². The van der Waals surface area contributed by atoms with Crippen molar-refractivity contribution in [3.63, 3.8) is 0 Å². The molecule has 4 aliphatic carbocycles. The summed E-state index contributed by atoms with van der Waals surface area (Å²) >= 11 is 0. The lowest BCUT2D eigenvalue weighted by atomic mass is 9.51. The molecule has 0 bridgehead atoms. The molecule has 4 aliphatic rings. The molecule has 32 heavy (non-hydrogen) atoms. The lowest BCUT2D eigenvalue weighted by Gasteiger charge is -2.53. The summed E-state index contributed by atoms with van der Waals surface area (Å²) in [5, 5.41) is 15.0. The van der Waals surface area contributed by atoms with Gasteiger partial charge < -0.3 is 15.3 Å². The van der Waals surface area contributed by atoms with E-state index in [-0.39, 0.29) is 40.2 Å². The summed E-state index contributed by atoms with van der Waals surface area (Å²) in [5.74, 6) is 1.29. The van der Waals surface area contributed by atoms with Gasteiger partial charge in [-0.3, -0.25) is 4.79 Å². The predicted molar refractivity (Wildman–Crippen MR) is 131 cm³/mol. The van der Waals surface area contributed by atoms with E-state index in [0.29, 0.717) is 17.9 Å². The van der Waals surface area contributed by atoms with Gasteiger partial charge in [-0.2, -0.15) is 0 Å². The molecule has 0 spiro atoms. The number of nitrogens with zero attached hydrogens (tertiary/aromatic N) is 1. The Kier molecular flexibility index (Phi) is 5.98. The van der Waals surface area contributed by atoms with E-state index in [2.05, 4.69) is 59.1 Å². The second kappa shape index (κ2) is 7.98. The zero-order valence-electron chi connectivity index (χ0n) is 21.7. The monoisotopic (exact) mass is 442 g/mol. The zero-order valence-corrected chi connectivity index (χ0v) is 21.7. The highest BCUT2D eigenvalue weighted by Gasteiger charge is 2.64. The van der Waals surface area contributed by atoms with Crippen LogP contribution in [0, 0.1) is 34.0 Å². The number of aliphatic hydroxyl groups is 1. The van der Waals surface area contributed by atoms with Gasteiger partial charge in [0, 0.05) is 32.0 Å². The number of amides is 1. The van der Waals surface area contributed by atoms with Gasteiger partial charge in [-0.25, -0.2) is 0 Å². The summed E-state index contributed by atoms with van der Waals surface area (Å²) in [6.45, 7) is 13.5. The number of aliphatic hydroxyl groups excluding tert-OH is 1. The van der Waals surface area contributed by atoms with Crippen molar-refractivity contribution in [3.8, 4) is 0 Å². The standard InChI is InChI=1S/C28H46N2O2/c1-17(30(8)18(2)31)25-23(32)16-28(6)22-11-10-21-19(9-12-24(29-7)26(21,3)4)15-20(22)13-14-27(25,28)5/h13,15,17,21-25,29,32H,9-12,14,16H2,1-8H3/t17-,21+,22+,23-,24+,25+,27-,28+/m1/s1. The van der Waals surface area contributed by atoms with Crippen LogP contribution in [-0.2, 0) is 4.79 Å². The van der Waals surface area contributed by atoms with Crippen molar-refractivity contribution in [1.82, 2.24) is 10.2 Å². The van der Waals surface area contributed by atoms with E-state index in [0.717, 1.165) is 12.8 Å². The number of fused-ring (bicyclic) bond motifs is 4. The van der Waals surface area contributed by atoms with Crippen LogP contribution in [-0.4, -0.2) is 48.2 Å². The lowest BCUT2D eigenvalue weighted by Crippen LogP contribution is -2.51. The fraction of sp³-hybridized carbons (Fsp3) is 0.821. The summed E-state index contributed by atoms with van der Waals surface area (Å²) in [4.78, 5) is 14.0. The molecule has 0 aliphatic heterocycles. The van der Waals surface area contributed by atoms with Crippen LogP contribution in [0.25, 0.3) is 0 Å². The van der Waals surface area contributed by atoms with E-state index in [9.17, 15) is 9.90 Å². The van der Waals surface area contributed by atoms with Crippen LogP contribution < -0.4 is 5.32 Å². The maximum Gasteiger partial charge on any atom is 0.219 e. The predicted octanol–water partition coefficient (Wildman–Crippen LogP) is 4.94. The minimum atomic E-state index is -0.363. The Morgan fingerprint density at radius 2 is 1.81 bits per heavy atom. The summed E-state index contributed by atoms with van der Waals surface area (Å²) in [7, 11) is 4.01. The van der Waals surface area contributed by atoms with Gasteiger partial charge in [0.25, 0.3) is 0 Å². The lowest BCUT2D eigenvalue weighted by molar-refractivity contribution is -0.132. The zero-order chi connectivity index (χ0) is 23.6. The van der Waals surface area contributed by atoms with Crippen LogP contribution in [0.5, 0.6) is 0 Å². The van der Waals surface area contributed by atoms with Crippen LogP contribution >= 0.6 is 0 Å². The molecule has 0 aromatic heterocycles. The third-order valence-electron chi connectivity index (χ3n) is 11.1. The Morgan fingerprint density at radius 3 is 2.44 bits per heavy atom. The van der Waals surface area contributed by atoms with E-state index in [4.69, 9.17) is 0 Å². The number of carbonyl (C=O) groups excluding carboxylic acids is 1. The number of allylic oxidation sites excluding steroid dienone is 4. The van der Waals surface area contributed by atoms with Crippen molar-refractivity contribution < 1.29 is 9.90 Å². The highest BCUT2D eigenvalue weighted by Crippen LogP contribution is 2.68. The Balaban J connectivity index is 1.70. The van der Waals surface area contributed by atoms with Gasteiger partial charge in [-0.15, -0.1) is 0 Å². The third kappa shape index (κ3) is 3.27. The van der Waals surface area contributed by atoms with Crippen molar-refractivity contribution in [1.29, 1.82) is 0 Å². The van der Waals surface area contributed by atoms with Crippen molar-refractivity contribution in [2.24, 2.45) is 34.0 Å². The van der Waals surface area contributed by atoms with Gasteiger partial charge in [-0.05, 0) is 86.2 Å². The van der Waals surface area contributed by atoms with Gasteiger partial charge >= 0.3 is 0 Å². The van der Waals surface area contributed by atoms with Crippen LogP contribution in [0.3, 0.4) is 0 Å². The summed E-state index contributed by atoms with van der Waals surface area (Å²) < 4.78 is 0. The van der Waals surface area contributed by atoms with Crippen LogP contribution in [0.1, 0.15) is 80.1 Å². The molecule has 4 nitrogen and oxygen atoms in total. The van der Waals surface area contributed by atoms with E-state index in [1.54, 1.807) is 12.5 Å². The average molecular weight is 443 g/mol. The molecule has 2 fully saturated rings. The molecule has 2 N–H and O–H groups in total. The largest absolute Gasteiger partial charge is 0.393 e. The fourth-order valence-electron chi connectivity index (χ4n) is 8.75. The fourth-order valence-corrected chi connectivity index (χ4v) is 8.75. The maximum atomic E-state index is 12.1. The van der Waals surface area contributed by atoms with Gasteiger partial charge in [0.1, 0.15) is 0 Å². The minimum absolute atomic E-state index is 0.0131. The first kappa shape index (κ1) is 24.0. The average Bonchev–Trinajstić information content (AvgIpc) is 2.83. The first-order valence-electron chi connectivity index (χ1n) is 12.9. The molecule has 0 aromatic rings. The van der Waals surface area contributed by atoms with Crippen molar-refractivity contribution in [2.75, 3.05) is 14.1 Å². The topological polar surface area (TPSA) is 52.6 Å². The molecule has 0 unspecified atom stereocenters. The molecule has 1 amide bonds. The molecule has 8 atom stereocenters. The third-order valence-corrected chi connectivity index (χ3v) is 11.1. The summed E-state index contributed by atoms with van der Waals surface area (Å²) in [6.07, 6.45) is 11.4. The molecular weight excluding hydrogens is 396 g/mol. The second-order valence-electron chi connectivity index (χ2n) is 12.5. The van der Waals surface area contributed by atoms with Crippen LogP contribution in [0.15, 0.2) is 23.3 Å². The molecule has 0 radical (unpaired) electrons. The van der Waals surface area contributed by atoms with E-state index in [1.165, 1.54) is 31.3 Å². The number of carbonyl (C=O) groups is 1. The normalized spacial score (nSPS) is 43.7. The van der Waals surface area contributed by atoms with Crippen LogP contribution in [0.2, 0.25) is 0 Å². The SMILES string of the molecule is CN[C@H]1CCC2=CC3=CC[C@]4(C)[C@@H]([C@@H](C)N(C)C(C)=O)[C@H](O)C[C@@]4(C)[C@H]3CC[C@@H]2C1(C)C. The van der Waals surface area contributed by atoms with E-state index in [1.807, 2.05) is 11.9 Å². The first-order chi connectivity index (χ1) is 14.9. The maximum absolute atomic E-state index is 12.1. The first-order valence-corrected chi connectivity index (χ1v) is 12.9. The highest BCUT2D eigenvalue weighted by atomic mass is 16.3. The summed E-state index contributed by atoms with van der Waals surface area (Å²) in [5.41, 5.74) is 3.47. The molecule has 2 saturated carbocycles. The number of rotatable bonds is 3. The second-order valence-corrected chi connectivity index (χ2v) is 12.5. The van der Waals surface area contributed by atoms with Gasteiger partial charge in [0.05, 0.1) is 6.10 Å².